The quantitative estimate of drug-likeness (QED) is 0.166. The molecule has 0 saturated carbocycles. The maximum Gasteiger partial charge on any atom is 0.180 e. The minimum atomic E-state index is 0.655. The molecule has 0 aliphatic carbocycles. The molecular formula is C52H34N2O. The highest BCUT2D eigenvalue weighted by Gasteiger charge is 2.19. The number of aromatic nitrogens is 2. The summed E-state index contributed by atoms with van der Waals surface area (Å²) in [5.74, 6) is 0.655. The number of para-hydroxylation sites is 1. The lowest BCUT2D eigenvalue weighted by atomic mass is 9.94. The largest absolute Gasteiger partial charge is 0.452 e. The van der Waals surface area contributed by atoms with Crippen LogP contribution in [0.3, 0.4) is 0 Å². The molecule has 10 aromatic rings. The van der Waals surface area contributed by atoms with Crippen LogP contribution in [0.25, 0.3) is 100 Å². The van der Waals surface area contributed by atoms with E-state index in [2.05, 4.69) is 182 Å². The molecule has 0 N–H and O–H groups in total. The van der Waals surface area contributed by atoms with Crippen molar-refractivity contribution in [3.05, 3.63) is 206 Å². The van der Waals surface area contributed by atoms with E-state index in [1.807, 2.05) is 24.3 Å². The first kappa shape index (κ1) is 32.3. The number of fused-ring (bicyclic) bond motifs is 3. The third-order valence-corrected chi connectivity index (χ3v) is 10.3. The monoisotopic (exact) mass is 702 g/mol. The molecular weight excluding hydrogens is 669 g/mol. The first-order valence-electron chi connectivity index (χ1n) is 18.6. The number of furan rings is 1. The van der Waals surface area contributed by atoms with Gasteiger partial charge in [0.2, 0.25) is 0 Å². The van der Waals surface area contributed by atoms with E-state index >= 15 is 0 Å². The number of rotatable bonds is 7. The molecule has 0 radical (unpaired) electrons. The van der Waals surface area contributed by atoms with Gasteiger partial charge < -0.3 is 4.42 Å². The van der Waals surface area contributed by atoms with Crippen LogP contribution in [0.15, 0.2) is 211 Å². The molecule has 0 aliphatic rings. The predicted octanol–water partition coefficient (Wildman–Crippen LogP) is 14.0. The average Bonchev–Trinajstić information content (AvgIpc) is 3.66. The fourth-order valence-electron chi connectivity index (χ4n) is 7.50. The summed E-state index contributed by atoms with van der Waals surface area (Å²) in [6.07, 6.45) is 0. The van der Waals surface area contributed by atoms with Gasteiger partial charge in [-0.2, -0.15) is 0 Å². The Hall–Kier alpha value is -7.36. The standard InChI is InChI=1S/C52H34N2O/c1-3-14-35(15-4-1)37-18-9-20-39(30-37)40-21-10-22-41(31-40)42-23-11-24-43(32-42)44-25-13-27-46(34-44)52-53-49(51-50(54-52)47-28-7-8-29-48(47)55-51)45-26-12-19-38(33-45)36-16-5-2-6-17-36/h1-34H. The van der Waals surface area contributed by atoms with Crippen molar-refractivity contribution >= 4 is 22.1 Å². The molecule has 0 aliphatic heterocycles. The molecule has 3 heteroatoms. The molecule has 0 amide bonds. The molecule has 0 fully saturated rings. The van der Waals surface area contributed by atoms with E-state index in [0.29, 0.717) is 11.4 Å². The van der Waals surface area contributed by atoms with Crippen LogP contribution in [-0.4, -0.2) is 9.97 Å². The second-order valence-corrected chi connectivity index (χ2v) is 13.8. The van der Waals surface area contributed by atoms with Gasteiger partial charge in [-0.1, -0.05) is 164 Å². The Morgan fingerprint density at radius 2 is 0.655 bits per heavy atom. The zero-order chi connectivity index (χ0) is 36.6. The first-order chi connectivity index (χ1) is 27.2. The van der Waals surface area contributed by atoms with E-state index < -0.39 is 0 Å². The Morgan fingerprint density at radius 1 is 0.291 bits per heavy atom. The second-order valence-electron chi connectivity index (χ2n) is 13.8. The van der Waals surface area contributed by atoms with Crippen molar-refractivity contribution in [1.82, 2.24) is 9.97 Å². The molecule has 0 atom stereocenters. The summed E-state index contributed by atoms with van der Waals surface area (Å²) in [5.41, 5.74) is 16.6. The number of benzene rings is 8. The van der Waals surface area contributed by atoms with E-state index in [1.165, 1.54) is 27.8 Å². The highest BCUT2D eigenvalue weighted by Crippen LogP contribution is 2.38. The Labute approximate surface area is 319 Å². The molecule has 55 heavy (non-hydrogen) atoms. The fraction of sp³-hybridized carbons (Fsp3) is 0. The predicted molar refractivity (Wildman–Crippen MR) is 227 cm³/mol. The summed E-state index contributed by atoms with van der Waals surface area (Å²) >= 11 is 0. The van der Waals surface area contributed by atoms with Crippen LogP contribution in [0, 0.1) is 0 Å². The van der Waals surface area contributed by atoms with E-state index in [-0.39, 0.29) is 0 Å². The molecule has 10 rings (SSSR count). The zero-order valence-electron chi connectivity index (χ0n) is 29.9. The van der Waals surface area contributed by atoms with Crippen molar-refractivity contribution in [1.29, 1.82) is 0 Å². The van der Waals surface area contributed by atoms with Gasteiger partial charge in [0.05, 0.1) is 0 Å². The molecule has 2 heterocycles. The summed E-state index contributed by atoms with van der Waals surface area (Å²) in [7, 11) is 0. The Morgan fingerprint density at radius 3 is 1.16 bits per heavy atom. The van der Waals surface area contributed by atoms with E-state index in [0.717, 1.165) is 61.1 Å². The first-order valence-corrected chi connectivity index (χ1v) is 18.6. The normalized spacial score (nSPS) is 11.3. The number of hydrogen-bond acceptors (Lipinski definition) is 3. The van der Waals surface area contributed by atoms with Crippen LogP contribution in [0.1, 0.15) is 0 Å². The van der Waals surface area contributed by atoms with Crippen molar-refractivity contribution < 1.29 is 4.42 Å². The average molecular weight is 703 g/mol. The van der Waals surface area contributed by atoms with Crippen LogP contribution in [0.5, 0.6) is 0 Å². The minimum absolute atomic E-state index is 0.655. The van der Waals surface area contributed by atoms with Crippen molar-refractivity contribution in [2.24, 2.45) is 0 Å². The summed E-state index contributed by atoms with van der Waals surface area (Å²) in [4.78, 5) is 10.4. The third kappa shape index (κ3) is 6.28. The van der Waals surface area contributed by atoms with Crippen LogP contribution in [0.2, 0.25) is 0 Å². The molecule has 0 bridgehead atoms. The Kier molecular flexibility index (Phi) is 8.16. The van der Waals surface area contributed by atoms with Crippen LogP contribution in [-0.2, 0) is 0 Å². The van der Waals surface area contributed by atoms with Gasteiger partial charge in [0.1, 0.15) is 16.8 Å². The van der Waals surface area contributed by atoms with Crippen molar-refractivity contribution in [2.45, 2.75) is 0 Å². The lowest BCUT2D eigenvalue weighted by molar-refractivity contribution is 0.667. The van der Waals surface area contributed by atoms with Crippen molar-refractivity contribution in [2.75, 3.05) is 0 Å². The van der Waals surface area contributed by atoms with E-state index in [4.69, 9.17) is 14.4 Å². The number of nitrogens with zero attached hydrogens (tertiary/aromatic N) is 2. The lowest BCUT2D eigenvalue weighted by Crippen LogP contribution is -1.94. The maximum absolute atomic E-state index is 6.46. The SMILES string of the molecule is c1ccc(-c2cccc(-c3cccc(-c4cccc(-c5cccc(-c6nc(-c7cccc(-c8ccccc8)c7)c7oc8ccccc8c7n6)c5)c4)c3)c2)cc1. The molecule has 8 aromatic carbocycles. The van der Waals surface area contributed by atoms with Crippen molar-refractivity contribution in [3.8, 4) is 78.3 Å². The minimum Gasteiger partial charge on any atom is -0.452 e. The molecule has 0 unspecified atom stereocenters. The van der Waals surface area contributed by atoms with Crippen LogP contribution < -0.4 is 0 Å². The summed E-state index contributed by atoms with van der Waals surface area (Å²) in [6.45, 7) is 0. The Balaban J connectivity index is 1.03. The van der Waals surface area contributed by atoms with Gasteiger partial charge in [-0.3, -0.25) is 0 Å². The van der Waals surface area contributed by atoms with E-state index in [9.17, 15) is 0 Å². The zero-order valence-corrected chi connectivity index (χ0v) is 29.9. The molecule has 258 valence electrons. The van der Waals surface area contributed by atoms with Gasteiger partial charge in [0.25, 0.3) is 0 Å². The smallest absolute Gasteiger partial charge is 0.180 e. The van der Waals surface area contributed by atoms with Gasteiger partial charge in [-0.15, -0.1) is 0 Å². The molecule has 0 spiro atoms. The highest BCUT2D eigenvalue weighted by molar-refractivity contribution is 6.07. The molecule has 2 aromatic heterocycles. The van der Waals surface area contributed by atoms with Gasteiger partial charge in [-0.25, -0.2) is 9.97 Å². The molecule has 0 saturated heterocycles. The third-order valence-electron chi connectivity index (χ3n) is 10.3. The van der Waals surface area contributed by atoms with Gasteiger partial charge in [0.15, 0.2) is 11.4 Å². The Bertz CT molecular complexity index is 2980. The highest BCUT2D eigenvalue weighted by atomic mass is 16.3. The topological polar surface area (TPSA) is 38.9 Å². The lowest BCUT2D eigenvalue weighted by Gasteiger charge is -2.11. The second kappa shape index (κ2) is 13.9. The molecule has 3 nitrogen and oxygen atoms in total. The summed E-state index contributed by atoms with van der Waals surface area (Å²) in [5, 5.41) is 0.972. The van der Waals surface area contributed by atoms with Gasteiger partial charge in [0, 0.05) is 16.5 Å². The van der Waals surface area contributed by atoms with Gasteiger partial charge in [-0.05, 0) is 98.1 Å². The maximum atomic E-state index is 6.46. The summed E-state index contributed by atoms with van der Waals surface area (Å²) in [6, 6.07) is 72.4. The van der Waals surface area contributed by atoms with Gasteiger partial charge >= 0.3 is 0 Å². The van der Waals surface area contributed by atoms with Crippen molar-refractivity contribution in [3.63, 3.8) is 0 Å². The fourth-order valence-corrected chi connectivity index (χ4v) is 7.50. The number of hydrogen-bond donors (Lipinski definition) is 0. The summed E-state index contributed by atoms with van der Waals surface area (Å²) < 4.78 is 6.46. The van der Waals surface area contributed by atoms with Crippen LogP contribution in [0.4, 0.5) is 0 Å². The van der Waals surface area contributed by atoms with E-state index in [1.54, 1.807) is 0 Å². The van der Waals surface area contributed by atoms with Crippen LogP contribution >= 0.6 is 0 Å².